The molecule has 1 N–H and O–H groups in total. The summed E-state index contributed by atoms with van der Waals surface area (Å²) in [5.74, 6) is -0.791. The lowest BCUT2D eigenvalue weighted by Gasteiger charge is -2.18. The number of anilines is 1. The Hall–Kier alpha value is -3.42. The van der Waals surface area contributed by atoms with Crippen LogP contribution in [0.1, 0.15) is 15.9 Å². The van der Waals surface area contributed by atoms with E-state index >= 15 is 0 Å². The maximum atomic E-state index is 12.2. The average Bonchev–Trinajstić information content (AvgIpc) is 2.66. The summed E-state index contributed by atoms with van der Waals surface area (Å²) >= 11 is 0. The summed E-state index contributed by atoms with van der Waals surface area (Å²) < 4.78 is 0. The minimum absolute atomic E-state index is 0.138. The Kier molecular flexibility index (Phi) is 6.48. The standard InChI is InChI=1S/C19H22N4O4/c1-21(2)16-9-7-14(8-10-16)13-22(3)18(24)12-20-19(25)15-5-4-6-17(11-15)23(26)27/h4-11H,12-13H2,1-3H3,(H,20,25). The summed E-state index contributed by atoms with van der Waals surface area (Å²) in [7, 11) is 5.56. The molecule has 0 atom stereocenters. The van der Waals surface area contributed by atoms with Gasteiger partial charge in [0.05, 0.1) is 11.5 Å². The summed E-state index contributed by atoms with van der Waals surface area (Å²) in [6.45, 7) is 0.229. The maximum Gasteiger partial charge on any atom is 0.270 e. The highest BCUT2D eigenvalue weighted by atomic mass is 16.6. The lowest BCUT2D eigenvalue weighted by atomic mass is 10.2. The number of benzene rings is 2. The highest BCUT2D eigenvalue weighted by molar-refractivity contribution is 5.96. The van der Waals surface area contributed by atoms with Gasteiger partial charge in [0.25, 0.3) is 11.6 Å². The maximum absolute atomic E-state index is 12.2. The molecule has 8 heteroatoms. The van der Waals surface area contributed by atoms with Crippen molar-refractivity contribution in [2.24, 2.45) is 0 Å². The quantitative estimate of drug-likeness (QED) is 0.594. The Morgan fingerprint density at radius 2 is 1.74 bits per heavy atom. The molecule has 2 amide bonds. The van der Waals surface area contributed by atoms with Gasteiger partial charge in [-0.25, -0.2) is 0 Å². The number of nitrogens with one attached hydrogen (secondary N) is 1. The predicted octanol–water partition coefficient (Wildman–Crippen LogP) is 2.05. The van der Waals surface area contributed by atoms with Gasteiger partial charge in [-0.15, -0.1) is 0 Å². The van der Waals surface area contributed by atoms with Crippen LogP contribution in [0.15, 0.2) is 48.5 Å². The first kappa shape index (κ1) is 19.9. The number of hydrogen-bond acceptors (Lipinski definition) is 5. The Labute approximate surface area is 157 Å². The molecule has 2 rings (SSSR count). The Balaban J connectivity index is 1.89. The lowest BCUT2D eigenvalue weighted by Crippen LogP contribution is -2.37. The van der Waals surface area contributed by atoms with E-state index in [1.165, 1.54) is 29.2 Å². The number of non-ortho nitro benzene ring substituents is 1. The van der Waals surface area contributed by atoms with E-state index < -0.39 is 10.8 Å². The fourth-order valence-corrected chi connectivity index (χ4v) is 2.42. The molecule has 0 aliphatic rings. The number of nitro benzene ring substituents is 1. The zero-order valence-electron chi connectivity index (χ0n) is 15.5. The molecule has 0 unspecified atom stereocenters. The van der Waals surface area contributed by atoms with Crippen molar-refractivity contribution in [1.29, 1.82) is 0 Å². The summed E-state index contributed by atoms with van der Waals surface area (Å²) in [5, 5.41) is 13.3. The average molecular weight is 370 g/mol. The number of carbonyl (C=O) groups excluding carboxylic acids is 2. The number of likely N-dealkylation sites (N-methyl/N-ethyl adjacent to an activating group) is 1. The molecule has 0 fully saturated rings. The van der Waals surface area contributed by atoms with Crippen molar-refractivity contribution in [2.45, 2.75) is 6.54 Å². The first-order valence-electron chi connectivity index (χ1n) is 8.31. The fraction of sp³-hybridized carbons (Fsp3) is 0.263. The van der Waals surface area contributed by atoms with Crippen LogP contribution in [0.3, 0.4) is 0 Å². The molecule has 27 heavy (non-hydrogen) atoms. The van der Waals surface area contributed by atoms with Gasteiger partial charge in [0.1, 0.15) is 0 Å². The van der Waals surface area contributed by atoms with E-state index in [1.807, 2.05) is 43.3 Å². The Bertz CT molecular complexity index is 834. The Morgan fingerprint density at radius 1 is 1.07 bits per heavy atom. The lowest BCUT2D eigenvalue weighted by molar-refractivity contribution is -0.384. The van der Waals surface area contributed by atoms with Crippen LogP contribution in [-0.2, 0) is 11.3 Å². The summed E-state index contributed by atoms with van der Waals surface area (Å²) in [5.41, 5.74) is 2.00. The topological polar surface area (TPSA) is 95.8 Å². The first-order valence-corrected chi connectivity index (χ1v) is 8.31. The van der Waals surface area contributed by atoms with Gasteiger partial charge in [-0.1, -0.05) is 18.2 Å². The third kappa shape index (κ3) is 5.53. The van der Waals surface area contributed by atoms with Crippen LogP contribution in [0, 0.1) is 10.1 Å². The SMILES string of the molecule is CN(Cc1ccc(N(C)C)cc1)C(=O)CNC(=O)c1cccc([N+](=O)[O-])c1. The van der Waals surface area contributed by atoms with Crippen molar-refractivity contribution in [2.75, 3.05) is 32.6 Å². The van der Waals surface area contributed by atoms with E-state index in [0.717, 1.165) is 11.3 Å². The fourth-order valence-electron chi connectivity index (χ4n) is 2.42. The summed E-state index contributed by atoms with van der Waals surface area (Å²) in [4.78, 5) is 38.0. The van der Waals surface area contributed by atoms with Crippen LogP contribution in [0.4, 0.5) is 11.4 Å². The van der Waals surface area contributed by atoms with Gasteiger partial charge in [-0.2, -0.15) is 0 Å². The smallest absolute Gasteiger partial charge is 0.270 e. The second kappa shape index (κ2) is 8.79. The molecular formula is C19H22N4O4. The molecule has 2 aromatic carbocycles. The van der Waals surface area contributed by atoms with Gasteiger partial charge in [-0.05, 0) is 23.8 Å². The van der Waals surface area contributed by atoms with Crippen LogP contribution in [0.2, 0.25) is 0 Å². The van der Waals surface area contributed by atoms with Crippen LogP contribution < -0.4 is 10.2 Å². The largest absolute Gasteiger partial charge is 0.378 e. The molecule has 0 aromatic heterocycles. The molecule has 0 aliphatic carbocycles. The van der Waals surface area contributed by atoms with Gasteiger partial charge in [0.15, 0.2) is 0 Å². The predicted molar refractivity (Wildman–Crippen MR) is 103 cm³/mol. The van der Waals surface area contributed by atoms with Crippen molar-refractivity contribution in [3.63, 3.8) is 0 Å². The molecule has 0 radical (unpaired) electrons. The van der Waals surface area contributed by atoms with E-state index in [2.05, 4.69) is 5.32 Å². The summed E-state index contributed by atoms with van der Waals surface area (Å²) in [6, 6.07) is 13.2. The zero-order valence-corrected chi connectivity index (χ0v) is 15.5. The third-order valence-electron chi connectivity index (χ3n) is 4.02. The Morgan fingerprint density at radius 3 is 2.33 bits per heavy atom. The molecule has 0 aliphatic heterocycles. The van der Waals surface area contributed by atoms with Gasteiger partial charge >= 0.3 is 0 Å². The summed E-state index contributed by atoms with van der Waals surface area (Å²) in [6.07, 6.45) is 0. The third-order valence-corrected chi connectivity index (χ3v) is 4.02. The van der Waals surface area contributed by atoms with Crippen molar-refractivity contribution in [1.82, 2.24) is 10.2 Å². The van der Waals surface area contributed by atoms with E-state index in [1.54, 1.807) is 7.05 Å². The molecule has 0 saturated carbocycles. The van der Waals surface area contributed by atoms with Crippen molar-refractivity contribution in [3.8, 4) is 0 Å². The molecule has 0 heterocycles. The monoisotopic (exact) mass is 370 g/mol. The van der Waals surface area contributed by atoms with Gasteiger partial charge in [0, 0.05) is 51.1 Å². The number of carbonyl (C=O) groups is 2. The van der Waals surface area contributed by atoms with E-state index in [9.17, 15) is 19.7 Å². The molecule has 0 spiro atoms. The second-order valence-electron chi connectivity index (χ2n) is 6.30. The van der Waals surface area contributed by atoms with E-state index in [0.29, 0.717) is 6.54 Å². The molecule has 2 aromatic rings. The molecule has 0 bridgehead atoms. The van der Waals surface area contributed by atoms with Crippen LogP contribution >= 0.6 is 0 Å². The molecule has 8 nitrogen and oxygen atoms in total. The van der Waals surface area contributed by atoms with Crippen molar-refractivity contribution in [3.05, 3.63) is 69.8 Å². The molecule has 142 valence electrons. The number of hydrogen-bond donors (Lipinski definition) is 1. The number of rotatable bonds is 7. The van der Waals surface area contributed by atoms with Crippen molar-refractivity contribution < 1.29 is 14.5 Å². The second-order valence-corrected chi connectivity index (χ2v) is 6.30. The normalized spacial score (nSPS) is 10.2. The highest BCUT2D eigenvalue weighted by Gasteiger charge is 2.14. The molecular weight excluding hydrogens is 348 g/mol. The van der Waals surface area contributed by atoms with Crippen LogP contribution in [0.5, 0.6) is 0 Å². The number of amides is 2. The molecule has 0 saturated heterocycles. The van der Waals surface area contributed by atoms with Crippen molar-refractivity contribution >= 4 is 23.2 Å². The van der Waals surface area contributed by atoms with Gasteiger partial charge in [0.2, 0.25) is 5.91 Å². The number of nitrogens with zero attached hydrogens (tertiary/aromatic N) is 3. The van der Waals surface area contributed by atoms with Gasteiger partial charge in [-0.3, -0.25) is 19.7 Å². The first-order chi connectivity index (χ1) is 12.8. The highest BCUT2D eigenvalue weighted by Crippen LogP contribution is 2.14. The zero-order chi connectivity index (χ0) is 20.0. The van der Waals surface area contributed by atoms with E-state index in [-0.39, 0.29) is 23.7 Å². The minimum atomic E-state index is -0.572. The van der Waals surface area contributed by atoms with Crippen LogP contribution in [-0.4, -0.2) is 49.3 Å². The van der Waals surface area contributed by atoms with Crippen LogP contribution in [0.25, 0.3) is 0 Å². The number of nitro groups is 1. The van der Waals surface area contributed by atoms with Gasteiger partial charge < -0.3 is 15.1 Å². The minimum Gasteiger partial charge on any atom is -0.378 e. The van der Waals surface area contributed by atoms with E-state index in [4.69, 9.17) is 0 Å².